The minimum Gasteiger partial charge on any atom is -0.390 e. The number of carbonyl (C=O) groups excluding carboxylic acids is 1. The third-order valence-electron chi connectivity index (χ3n) is 3.52. The Balaban J connectivity index is 1.73. The lowest BCUT2D eigenvalue weighted by Gasteiger charge is -2.28. The molecule has 1 aliphatic rings. The van der Waals surface area contributed by atoms with Gasteiger partial charge < -0.3 is 15.7 Å². The van der Waals surface area contributed by atoms with Gasteiger partial charge in [0, 0.05) is 24.2 Å². The zero-order valence-corrected chi connectivity index (χ0v) is 13.2. The molecule has 0 saturated carbocycles. The summed E-state index contributed by atoms with van der Waals surface area (Å²) in [6, 6.07) is 4.32. The number of aliphatic hydroxyl groups excluding tert-OH is 1. The van der Waals surface area contributed by atoms with Crippen LogP contribution in [0.25, 0.3) is 0 Å². The molecule has 2 amide bonds. The van der Waals surface area contributed by atoms with E-state index in [1.54, 1.807) is 17.5 Å². The first-order valence-electron chi connectivity index (χ1n) is 7.30. The van der Waals surface area contributed by atoms with Crippen LogP contribution in [0, 0.1) is 5.82 Å². The zero-order chi connectivity index (χ0) is 16.2. The van der Waals surface area contributed by atoms with Crippen LogP contribution in [0.5, 0.6) is 0 Å². The largest absolute Gasteiger partial charge is 0.390 e. The van der Waals surface area contributed by atoms with Crippen molar-refractivity contribution in [1.29, 1.82) is 0 Å². The van der Waals surface area contributed by atoms with Crippen LogP contribution in [0.3, 0.4) is 0 Å². The quantitative estimate of drug-likeness (QED) is 0.783. The van der Waals surface area contributed by atoms with Crippen molar-refractivity contribution in [1.82, 2.24) is 10.3 Å². The van der Waals surface area contributed by atoms with Gasteiger partial charge in [0.25, 0.3) is 0 Å². The zero-order valence-electron chi connectivity index (χ0n) is 12.4. The van der Waals surface area contributed by atoms with Gasteiger partial charge in [-0.1, -0.05) is 0 Å². The number of anilines is 2. The maximum atomic E-state index is 14.1. The Labute approximate surface area is 137 Å². The number of amides is 2. The average molecular weight is 336 g/mol. The topological polar surface area (TPSA) is 77.5 Å². The van der Waals surface area contributed by atoms with Crippen molar-refractivity contribution in [3.8, 4) is 0 Å². The van der Waals surface area contributed by atoms with E-state index in [4.69, 9.17) is 5.11 Å². The molecule has 0 unspecified atom stereocenters. The average Bonchev–Trinajstić information content (AvgIpc) is 3.03. The van der Waals surface area contributed by atoms with Crippen LogP contribution in [-0.2, 0) is 13.2 Å². The van der Waals surface area contributed by atoms with E-state index < -0.39 is 5.82 Å². The van der Waals surface area contributed by atoms with E-state index in [0.717, 1.165) is 11.4 Å². The van der Waals surface area contributed by atoms with E-state index in [0.29, 0.717) is 31.0 Å². The third kappa shape index (κ3) is 3.59. The number of hydrogen-bond acceptors (Lipinski definition) is 5. The molecule has 2 heterocycles. The second-order valence-corrected chi connectivity index (χ2v) is 6.09. The maximum absolute atomic E-state index is 14.1. The minimum atomic E-state index is -0.426. The maximum Gasteiger partial charge on any atom is 0.321 e. The van der Waals surface area contributed by atoms with Crippen molar-refractivity contribution in [3.63, 3.8) is 0 Å². The second kappa shape index (κ2) is 6.93. The highest BCUT2D eigenvalue weighted by atomic mass is 32.1. The molecule has 2 aromatic rings. The van der Waals surface area contributed by atoms with Gasteiger partial charge in [0.1, 0.15) is 10.8 Å². The highest BCUT2D eigenvalue weighted by Gasteiger charge is 2.22. The fraction of sp³-hybridized carbons (Fsp3) is 0.333. The molecule has 0 bridgehead atoms. The van der Waals surface area contributed by atoms with E-state index in [1.807, 2.05) is 0 Å². The van der Waals surface area contributed by atoms with Crippen LogP contribution in [0.4, 0.5) is 20.6 Å². The Hall–Kier alpha value is -2.19. The number of nitrogens with zero attached hydrogens (tertiary/aromatic N) is 2. The van der Waals surface area contributed by atoms with Crippen LogP contribution in [0.1, 0.15) is 17.1 Å². The van der Waals surface area contributed by atoms with Crippen molar-refractivity contribution >= 4 is 28.7 Å². The van der Waals surface area contributed by atoms with Gasteiger partial charge in [-0.25, -0.2) is 14.2 Å². The predicted molar refractivity (Wildman–Crippen MR) is 87.1 cm³/mol. The number of rotatable bonds is 5. The van der Waals surface area contributed by atoms with E-state index in [1.165, 1.54) is 22.3 Å². The summed E-state index contributed by atoms with van der Waals surface area (Å²) in [4.78, 5) is 17.5. The molecule has 1 fully saturated rings. The molecule has 0 aliphatic carbocycles. The summed E-state index contributed by atoms with van der Waals surface area (Å²) in [6.07, 6.45) is 0.784. The summed E-state index contributed by atoms with van der Waals surface area (Å²) in [6.45, 7) is 1.51. The molecular weight excluding hydrogens is 319 g/mol. The van der Waals surface area contributed by atoms with Gasteiger partial charge in [-0.05, 0) is 24.6 Å². The lowest BCUT2D eigenvalue weighted by Crippen LogP contribution is -2.46. The molecule has 1 aromatic heterocycles. The molecule has 3 rings (SSSR count). The summed E-state index contributed by atoms with van der Waals surface area (Å²) in [5, 5.41) is 17.5. The van der Waals surface area contributed by atoms with Crippen molar-refractivity contribution in [2.75, 3.05) is 23.3 Å². The van der Waals surface area contributed by atoms with E-state index >= 15 is 0 Å². The number of urea groups is 1. The molecule has 0 atom stereocenters. The third-order valence-corrected chi connectivity index (χ3v) is 4.42. The van der Waals surface area contributed by atoms with Crippen molar-refractivity contribution < 1.29 is 14.3 Å². The van der Waals surface area contributed by atoms with Crippen molar-refractivity contribution in [2.45, 2.75) is 19.6 Å². The van der Waals surface area contributed by atoms with Gasteiger partial charge in [0.2, 0.25) is 0 Å². The molecule has 1 aromatic carbocycles. The predicted octanol–water partition coefficient (Wildman–Crippen LogP) is 2.31. The van der Waals surface area contributed by atoms with E-state index in [2.05, 4.69) is 15.6 Å². The summed E-state index contributed by atoms with van der Waals surface area (Å²) < 4.78 is 14.1. The molecule has 1 saturated heterocycles. The molecule has 122 valence electrons. The monoisotopic (exact) mass is 336 g/mol. The SMILES string of the molecule is O=C1NCCCN1c1cc(NCc2nc(CO)cs2)ccc1F. The molecule has 0 radical (unpaired) electrons. The standard InChI is InChI=1S/C15H17FN4O2S/c16-12-3-2-10(18-7-14-19-11(8-21)9-23-14)6-13(12)20-5-1-4-17-15(20)22/h2-3,6,9,18,21H,1,4-5,7-8H2,(H,17,22). The molecule has 8 heteroatoms. The van der Waals surface area contributed by atoms with Gasteiger partial charge in [0.05, 0.1) is 24.5 Å². The number of hydrogen-bond donors (Lipinski definition) is 3. The number of halogens is 1. The van der Waals surface area contributed by atoms with Crippen LogP contribution < -0.4 is 15.5 Å². The normalized spacial score (nSPS) is 14.7. The summed E-state index contributed by atoms with van der Waals surface area (Å²) >= 11 is 1.45. The Morgan fingerprint density at radius 3 is 3.09 bits per heavy atom. The lowest BCUT2D eigenvalue weighted by atomic mass is 10.2. The fourth-order valence-corrected chi connectivity index (χ4v) is 3.09. The summed E-state index contributed by atoms with van der Waals surface area (Å²) in [7, 11) is 0. The minimum absolute atomic E-state index is 0.0821. The Kier molecular flexibility index (Phi) is 4.73. The van der Waals surface area contributed by atoms with Crippen molar-refractivity contribution in [3.05, 3.63) is 40.1 Å². The van der Waals surface area contributed by atoms with Gasteiger partial charge in [-0.15, -0.1) is 11.3 Å². The van der Waals surface area contributed by atoms with Crippen LogP contribution in [0.15, 0.2) is 23.6 Å². The first-order valence-corrected chi connectivity index (χ1v) is 8.18. The number of nitrogens with one attached hydrogen (secondary N) is 2. The molecule has 3 N–H and O–H groups in total. The highest BCUT2D eigenvalue weighted by Crippen LogP contribution is 2.25. The second-order valence-electron chi connectivity index (χ2n) is 5.15. The van der Waals surface area contributed by atoms with E-state index in [-0.39, 0.29) is 18.3 Å². The number of carbonyl (C=O) groups is 1. The van der Waals surface area contributed by atoms with Crippen molar-refractivity contribution in [2.24, 2.45) is 0 Å². The number of thiazole rings is 1. The van der Waals surface area contributed by atoms with Gasteiger partial charge >= 0.3 is 6.03 Å². The summed E-state index contributed by atoms with van der Waals surface area (Å²) in [5.74, 6) is -0.426. The first kappa shape index (κ1) is 15.7. The Bertz CT molecular complexity index is 707. The van der Waals surface area contributed by atoms with Gasteiger partial charge in [-0.3, -0.25) is 4.90 Å². The van der Waals surface area contributed by atoms with Gasteiger partial charge in [0.15, 0.2) is 0 Å². The molecule has 23 heavy (non-hydrogen) atoms. The highest BCUT2D eigenvalue weighted by molar-refractivity contribution is 7.09. The Morgan fingerprint density at radius 2 is 2.35 bits per heavy atom. The molecular formula is C15H17FN4O2S. The number of benzene rings is 1. The van der Waals surface area contributed by atoms with Crippen LogP contribution >= 0.6 is 11.3 Å². The lowest BCUT2D eigenvalue weighted by molar-refractivity contribution is 0.242. The van der Waals surface area contributed by atoms with E-state index in [9.17, 15) is 9.18 Å². The fourth-order valence-electron chi connectivity index (χ4n) is 2.37. The number of aromatic nitrogens is 1. The first-order chi connectivity index (χ1) is 11.2. The molecule has 0 spiro atoms. The van der Waals surface area contributed by atoms with Crippen LogP contribution in [-0.4, -0.2) is 29.2 Å². The summed E-state index contributed by atoms with van der Waals surface area (Å²) in [5.41, 5.74) is 1.61. The molecule has 1 aliphatic heterocycles. The van der Waals surface area contributed by atoms with Crippen LogP contribution in [0.2, 0.25) is 0 Å². The molecule has 6 nitrogen and oxygen atoms in total. The Morgan fingerprint density at radius 1 is 1.48 bits per heavy atom. The smallest absolute Gasteiger partial charge is 0.321 e. The number of aliphatic hydroxyl groups is 1. The van der Waals surface area contributed by atoms with Gasteiger partial charge in [-0.2, -0.15) is 0 Å².